The number of carbonyl (C=O) groups excluding carboxylic acids is 1. The molecule has 1 aromatic rings. The van der Waals surface area contributed by atoms with Crippen LogP contribution in [0, 0.1) is 17.0 Å². The van der Waals surface area contributed by atoms with Crippen LogP contribution >= 0.6 is 0 Å². The van der Waals surface area contributed by atoms with Crippen molar-refractivity contribution in [2.24, 2.45) is 0 Å². The highest BCUT2D eigenvalue weighted by Crippen LogP contribution is 2.21. The zero-order chi connectivity index (χ0) is 16.7. The molecule has 1 aromatic carbocycles. The molecular formula is C14H16N2O6. The van der Waals surface area contributed by atoms with Gasteiger partial charge in [-0.3, -0.25) is 14.9 Å². The van der Waals surface area contributed by atoms with E-state index in [-0.39, 0.29) is 24.5 Å². The van der Waals surface area contributed by atoms with Crippen LogP contribution in [0.1, 0.15) is 15.9 Å². The van der Waals surface area contributed by atoms with Gasteiger partial charge in [-0.1, -0.05) is 18.2 Å². The molecule has 1 atom stereocenters. The molecule has 0 aromatic heterocycles. The van der Waals surface area contributed by atoms with E-state index in [1.165, 1.54) is 31.2 Å². The number of carboxylic acids is 1. The van der Waals surface area contributed by atoms with Crippen molar-refractivity contribution in [3.63, 3.8) is 0 Å². The molecule has 0 aliphatic carbocycles. The normalized spacial score (nSPS) is 11.5. The molecule has 1 amide bonds. The van der Waals surface area contributed by atoms with E-state index in [0.717, 1.165) is 0 Å². The van der Waals surface area contributed by atoms with Crippen LogP contribution in [0.15, 0.2) is 30.9 Å². The Balaban J connectivity index is 2.97. The Hall–Kier alpha value is -2.74. The number of ether oxygens (including phenoxy) is 1. The molecular weight excluding hydrogens is 292 g/mol. The molecule has 0 aliphatic rings. The number of amides is 1. The third-order valence-corrected chi connectivity index (χ3v) is 2.80. The first-order valence-corrected chi connectivity index (χ1v) is 6.34. The Labute approximate surface area is 126 Å². The Kier molecular flexibility index (Phi) is 6.21. The Morgan fingerprint density at radius 3 is 2.77 bits per heavy atom. The van der Waals surface area contributed by atoms with Crippen LogP contribution in [-0.4, -0.2) is 41.2 Å². The summed E-state index contributed by atoms with van der Waals surface area (Å²) in [5, 5.41) is 22.3. The summed E-state index contributed by atoms with van der Waals surface area (Å²) in [4.78, 5) is 33.6. The second-order valence-corrected chi connectivity index (χ2v) is 4.42. The van der Waals surface area contributed by atoms with E-state index in [0.29, 0.717) is 5.56 Å². The zero-order valence-electron chi connectivity index (χ0n) is 11.9. The number of carboxylic acid groups (broad SMARTS) is 1. The molecule has 0 radical (unpaired) electrons. The van der Waals surface area contributed by atoms with E-state index in [9.17, 15) is 19.7 Å². The van der Waals surface area contributed by atoms with Gasteiger partial charge >= 0.3 is 5.97 Å². The topological polar surface area (TPSA) is 119 Å². The van der Waals surface area contributed by atoms with Crippen molar-refractivity contribution < 1.29 is 24.4 Å². The maximum atomic E-state index is 12.2. The molecule has 0 spiro atoms. The van der Waals surface area contributed by atoms with Gasteiger partial charge in [0.05, 0.1) is 18.1 Å². The maximum Gasteiger partial charge on any atom is 0.328 e. The van der Waals surface area contributed by atoms with Crippen molar-refractivity contribution in [3.8, 4) is 0 Å². The van der Waals surface area contributed by atoms with Gasteiger partial charge in [-0.2, -0.15) is 0 Å². The van der Waals surface area contributed by atoms with Gasteiger partial charge in [-0.15, -0.1) is 6.58 Å². The fourth-order valence-electron chi connectivity index (χ4n) is 1.77. The van der Waals surface area contributed by atoms with Crippen LogP contribution in [0.25, 0.3) is 0 Å². The molecule has 118 valence electrons. The largest absolute Gasteiger partial charge is 0.480 e. The van der Waals surface area contributed by atoms with Crippen LogP contribution in [-0.2, 0) is 9.53 Å². The molecule has 1 unspecified atom stereocenters. The lowest BCUT2D eigenvalue weighted by molar-refractivity contribution is -0.385. The first kappa shape index (κ1) is 17.3. The predicted molar refractivity (Wildman–Crippen MR) is 77.7 cm³/mol. The van der Waals surface area contributed by atoms with Crippen LogP contribution < -0.4 is 5.32 Å². The van der Waals surface area contributed by atoms with Gasteiger partial charge < -0.3 is 15.2 Å². The highest BCUT2D eigenvalue weighted by molar-refractivity contribution is 6.01. The van der Waals surface area contributed by atoms with E-state index < -0.39 is 22.8 Å². The van der Waals surface area contributed by atoms with Crippen LogP contribution in [0.3, 0.4) is 0 Å². The Morgan fingerprint density at radius 1 is 1.55 bits per heavy atom. The highest BCUT2D eigenvalue weighted by Gasteiger charge is 2.26. The number of benzene rings is 1. The van der Waals surface area contributed by atoms with Crippen molar-refractivity contribution in [1.82, 2.24) is 5.32 Å². The molecule has 2 N–H and O–H groups in total. The van der Waals surface area contributed by atoms with E-state index in [1.807, 2.05) is 0 Å². The molecule has 0 heterocycles. The summed E-state index contributed by atoms with van der Waals surface area (Å²) < 4.78 is 5.00. The number of nitro groups is 1. The van der Waals surface area contributed by atoms with Gasteiger partial charge in [-0.05, 0) is 12.5 Å². The third kappa shape index (κ3) is 4.38. The summed E-state index contributed by atoms with van der Waals surface area (Å²) in [6.07, 6.45) is 1.44. The lowest BCUT2D eigenvalue weighted by Gasteiger charge is -2.15. The molecule has 0 saturated carbocycles. The minimum Gasteiger partial charge on any atom is -0.480 e. The fourth-order valence-corrected chi connectivity index (χ4v) is 1.77. The van der Waals surface area contributed by atoms with Gasteiger partial charge in [0.15, 0.2) is 6.04 Å². The molecule has 1 rings (SSSR count). The molecule has 0 fully saturated rings. The van der Waals surface area contributed by atoms with Crippen molar-refractivity contribution in [1.29, 1.82) is 0 Å². The fraction of sp³-hybridized carbons (Fsp3) is 0.286. The second-order valence-electron chi connectivity index (χ2n) is 4.42. The lowest BCUT2D eigenvalue weighted by atomic mass is 10.1. The van der Waals surface area contributed by atoms with Crippen molar-refractivity contribution in [2.75, 3.05) is 13.2 Å². The maximum absolute atomic E-state index is 12.2. The molecule has 0 saturated heterocycles. The zero-order valence-corrected chi connectivity index (χ0v) is 11.9. The standard InChI is InChI=1S/C14H16N2O6/c1-3-7-22-8-10(14(18)19)15-13(17)12-9(2)5-4-6-11(12)16(20)21/h3-6,10H,1,7-8H2,2H3,(H,15,17)(H,18,19). The molecule has 0 aliphatic heterocycles. The van der Waals surface area contributed by atoms with E-state index in [1.54, 1.807) is 0 Å². The number of nitrogens with one attached hydrogen (secondary N) is 1. The summed E-state index contributed by atoms with van der Waals surface area (Å²) in [5.74, 6) is -2.13. The number of hydrogen-bond donors (Lipinski definition) is 2. The average molecular weight is 308 g/mol. The SMILES string of the molecule is C=CCOCC(NC(=O)c1c(C)cccc1[N+](=O)[O-])C(=O)O. The smallest absolute Gasteiger partial charge is 0.328 e. The minimum atomic E-state index is -1.31. The number of aliphatic carboxylic acids is 1. The number of nitrogens with zero attached hydrogens (tertiary/aromatic N) is 1. The summed E-state index contributed by atoms with van der Waals surface area (Å²) in [6, 6.07) is 2.86. The highest BCUT2D eigenvalue weighted by atomic mass is 16.6. The summed E-state index contributed by atoms with van der Waals surface area (Å²) >= 11 is 0. The van der Waals surface area contributed by atoms with Gasteiger partial charge in [0.2, 0.25) is 0 Å². The summed E-state index contributed by atoms with van der Waals surface area (Å²) in [7, 11) is 0. The first-order valence-electron chi connectivity index (χ1n) is 6.34. The number of aryl methyl sites for hydroxylation is 1. The number of carbonyl (C=O) groups is 2. The number of rotatable bonds is 8. The lowest BCUT2D eigenvalue weighted by Crippen LogP contribution is -2.44. The molecule has 22 heavy (non-hydrogen) atoms. The first-order chi connectivity index (χ1) is 10.4. The third-order valence-electron chi connectivity index (χ3n) is 2.80. The summed E-state index contributed by atoms with van der Waals surface area (Å²) in [6.45, 7) is 4.81. The number of hydrogen-bond acceptors (Lipinski definition) is 5. The van der Waals surface area contributed by atoms with E-state index in [4.69, 9.17) is 9.84 Å². The molecule has 8 heteroatoms. The Bertz CT molecular complexity index is 599. The average Bonchev–Trinajstić information content (AvgIpc) is 2.45. The predicted octanol–water partition coefficient (Wildman–Crippen LogP) is 1.29. The van der Waals surface area contributed by atoms with Gasteiger partial charge in [0.1, 0.15) is 5.56 Å². The summed E-state index contributed by atoms with van der Waals surface area (Å²) in [5.41, 5.74) is -0.168. The monoisotopic (exact) mass is 308 g/mol. The molecule has 8 nitrogen and oxygen atoms in total. The van der Waals surface area contributed by atoms with E-state index in [2.05, 4.69) is 11.9 Å². The van der Waals surface area contributed by atoms with Crippen molar-refractivity contribution in [2.45, 2.75) is 13.0 Å². The van der Waals surface area contributed by atoms with Gasteiger partial charge in [0, 0.05) is 6.07 Å². The minimum absolute atomic E-state index is 0.129. The van der Waals surface area contributed by atoms with Crippen molar-refractivity contribution in [3.05, 3.63) is 52.1 Å². The second kappa shape index (κ2) is 7.89. The van der Waals surface area contributed by atoms with Crippen LogP contribution in [0.4, 0.5) is 5.69 Å². The van der Waals surface area contributed by atoms with Crippen LogP contribution in [0.5, 0.6) is 0 Å². The number of nitro benzene ring substituents is 1. The van der Waals surface area contributed by atoms with Gasteiger partial charge in [-0.25, -0.2) is 4.79 Å². The Morgan fingerprint density at radius 2 is 2.23 bits per heavy atom. The van der Waals surface area contributed by atoms with Crippen LogP contribution in [0.2, 0.25) is 0 Å². The van der Waals surface area contributed by atoms with Crippen molar-refractivity contribution >= 4 is 17.6 Å². The quantitative estimate of drug-likeness (QED) is 0.323. The van der Waals surface area contributed by atoms with E-state index >= 15 is 0 Å². The molecule has 0 bridgehead atoms. The van der Waals surface area contributed by atoms with Gasteiger partial charge in [0.25, 0.3) is 11.6 Å².